The number of aryl methyl sites for hydroxylation is 1. The Hall–Kier alpha value is -2.83. The van der Waals surface area contributed by atoms with Gasteiger partial charge in [-0.1, -0.05) is 53.0 Å². The van der Waals surface area contributed by atoms with E-state index in [1.807, 2.05) is 25.1 Å². The maximum Gasteiger partial charge on any atom is 0.322 e. The van der Waals surface area contributed by atoms with Gasteiger partial charge in [0.15, 0.2) is 0 Å². The number of nitrogens with one attached hydrogen (secondary N) is 2. The molecule has 0 spiro atoms. The minimum absolute atomic E-state index is 0.199. The first-order valence-electron chi connectivity index (χ1n) is 9.56. The van der Waals surface area contributed by atoms with E-state index >= 15 is 0 Å². The van der Waals surface area contributed by atoms with Gasteiger partial charge in [-0.05, 0) is 30.7 Å². The summed E-state index contributed by atoms with van der Waals surface area (Å²) in [4.78, 5) is 34.4. The van der Waals surface area contributed by atoms with Crippen molar-refractivity contribution in [2.45, 2.75) is 26.3 Å². The zero-order chi connectivity index (χ0) is 21.3. The molecule has 0 unspecified atom stereocenters. The Bertz CT molecular complexity index is 1180. The van der Waals surface area contributed by atoms with Gasteiger partial charge in [-0.15, -0.1) is 0 Å². The molecule has 1 aromatic heterocycles. The number of hydrogen-bond donors (Lipinski definition) is 2. The van der Waals surface area contributed by atoms with Crippen LogP contribution in [0.1, 0.15) is 28.2 Å². The van der Waals surface area contributed by atoms with Crippen LogP contribution < -0.4 is 10.9 Å². The van der Waals surface area contributed by atoms with E-state index in [9.17, 15) is 9.59 Å². The van der Waals surface area contributed by atoms with E-state index in [0.717, 1.165) is 16.8 Å². The lowest BCUT2D eigenvalue weighted by atomic mass is 10.1. The number of H-pyrrole nitrogens is 1. The fraction of sp³-hybridized carbons (Fsp3) is 0.227. The smallest absolute Gasteiger partial charge is 0.320 e. The molecule has 2 N–H and O–H groups in total. The van der Waals surface area contributed by atoms with Crippen molar-refractivity contribution in [2.24, 2.45) is 0 Å². The van der Waals surface area contributed by atoms with Crippen LogP contribution in [0, 0.1) is 6.92 Å². The third-order valence-electron chi connectivity index (χ3n) is 5.03. The van der Waals surface area contributed by atoms with Gasteiger partial charge in [-0.3, -0.25) is 4.79 Å². The number of nitrogens with zero attached hydrogens (tertiary/aromatic N) is 2. The molecule has 0 bridgehead atoms. The van der Waals surface area contributed by atoms with Crippen LogP contribution in [0.4, 0.5) is 10.5 Å². The summed E-state index contributed by atoms with van der Waals surface area (Å²) in [5, 5.41) is 3.57. The summed E-state index contributed by atoms with van der Waals surface area (Å²) in [5.41, 5.74) is 3.88. The molecule has 0 saturated heterocycles. The number of fused-ring (bicyclic) bond motifs is 1. The minimum Gasteiger partial charge on any atom is -0.320 e. The molecule has 3 aromatic rings. The van der Waals surface area contributed by atoms with Crippen molar-refractivity contribution >= 4 is 34.9 Å². The largest absolute Gasteiger partial charge is 0.322 e. The summed E-state index contributed by atoms with van der Waals surface area (Å²) < 4.78 is 0. The van der Waals surface area contributed by atoms with Crippen molar-refractivity contribution in [3.63, 3.8) is 0 Å². The van der Waals surface area contributed by atoms with Crippen LogP contribution in [-0.4, -0.2) is 27.4 Å². The molecule has 30 heavy (non-hydrogen) atoms. The summed E-state index contributed by atoms with van der Waals surface area (Å²) in [6.45, 7) is 2.71. The van der Waals surface area contributed by atoms with Crippen molar-refractivity contribution in [3.05, 3.63) is 91.1 Å². The molecule has 0 fully saturated rings. The van der Waals surface area contributed by atoms with E-state index < -0.39 is 0 Å². The van der Waals surface area contributed by atoms with Gasteiger partial charge in [0.25, 0.3) is 5.56 Å². The lowest BCUT2D eigenvalue weighted by Gasteiger charge is -2.28. The molecule has 0 atom stereocenters. The Morgan fingerprint density at radius 3 is 2.80 bits per heavy atom. The van der Waals surface area contributed by atoms with E-state index in [1.54, 1.807) is 23.1 Å². The van der Waals surface area contributed by atoms with E-state index in [0.29, 0.717) is 46.5 Å². The molecule has 4 rings (SSSR count). The van der Waals surface area contributed by atoms with Gasteiger partial charge in [0.2, 0.25) is 0 Å². The van der Waals surface area contributed by atoms with Gasteiger partial charge < -0.3 is 15.2 Å². The number of aromatic amines is 1. The fourth-order valence-corrected chi connectivity index (χ4v) is 3.82. The minimum atomic E-state index is -0.303. The van der Waals surface area contributed by atoms with Crippen LogP contribution in [0.2, 0.25) is 10.0 Å². The van der Waals surface area contributed by atoms with Gasteiger partial charge in [0.1, 0.15) is 5.82 Å². The third kappa shape index (κ3) is 4.50. The van der Waals surface area contributed by atoms with Crippen LogP contribution in [0.3, 0.4) is 0 Å². The third-order valence-corrected chi connectivity index (χ3v) is 5.77. The van der Waals surface area contributed by atoms with E-state index in [4.69, 9.17) is 23.2 Å². The van der Waals surface area contributed by atoms with Crippen molar-refractivity contribution in [3.8, 4) is 0 Å². The van der Waals surface area contributed by atoms with Crippen molar-refractivity contribution in [2.75, 3.05) is 11.9 Å². The zero-order valence-corrected chi connectivity index (χ0v) is 17.8. The molecule has 1 aliphatic heterocycles. The summed E-state index contributed by atoms with van der Waals surface area (Å²) in [5.74, 6) is 0.637. The van der Waals surface area contributed by atoms with Crippen molar-refractivity contribution in [1.82, 2.24) is 14.9 Å². The first-order valence-corrected chi connectivity index (χ1v) is 10.3. The van der Waals surface area contributed by atoms with Gasteiger partial charge in [-0.25, -0.2) is 9.78 Å². The van der Waals surface area contributed by atoms with Crippen LogP contribution in [-0.2, 0) is 19.4 Å². The number of rotatable bonds is 3. The Morgan fingerprint density at radius 1 is 1.20 bits per heavy atom. The molecular weight excluding hydrogens is 423 g/mol. The molecule has 154 valence electrons. The van der Waals surface area contributed by atoms with E-state index in [2.05, 4.69) is 21.4 Å². The highest BCUT2D eigenvalue weighted by Crippen LogP contribution is 2.25. The molecule has 2 aromatic carbocycles. The van der Waals surface area contributed by atoms with E-state index in [-0.39, 0.29) is 18.1 Å². The summed E-state index contributed by atoms with van der Waals surface area (Å²) in [6.07, 6.45) is 1.08. The highest BCUT2D eigenvalue weighted by molar-refractivity contribution is 6.42. The summed E-state index contributed by atoms with van der Waals surface area (Å²) in [6, 6.07) is 12.7. The standard InChI is InChI=1S/C22H20Cl2N4O2/c1-13-3-2-4-14(9-13)10-20-26-19-7-8-28(12-16(19)21(29)27-20)22(30)25-15-5-6-17(23)18(24)11-15/h2-6,9,11H,7-8,10,12H2,1H3,(H,25,30)(H,26,27,29). The predicted octanol–water partition coefficient (Wildman–Crippen LogP) is 4.57. The summed E-state index contributed by atoms with van der Waals surface area (Å²) >= 11 is 11.9. The Morgan fingerprint density at radius 2 is 2.03 bits per heavy atom. The average Bonchev–Trinajstić information content (AvgIpc) is 2.70. The van der Waals surface area contributed by atoms with Crippen LogP contribution in [0.15, 0.2) is 47.3 Å². The lowest BCUT2D eigenvalue weighted by molar-refractivity contribution is 0.205. The van der Waals surface area contributed by atoms with Gasteiger partial charge in [-0.2, -0.15) is 0 Å². The molecule has 8 heteroatoms. The lowest BCUT2D eigenvalue weighted by Crippen LogP contribution is -2.42. The SMILES string of the molecule is Cc1cccc(Cc2nc3c(c(=O)[nH]2)CN(C(=O)Nc2ccc(Cl)c(Cl)c2)CC3)c1. The number of carbonyl (C=O) groups is 1. The molecule has 0 radical (unpaired) electrons. The monoisotopic (exact) mass is 442 g/mol. The first-order chi connectivity index (χ1) is 14.4. The number of urea groups is 1. The maximum absolute atomic E-state index is 12.7. The number of aromatic nitrogens is 2. The first kappa shape index (κ1) is 20.4. The van der Waals surface area contributed by atoms with Crippen LogP contribution >= 0.6 is 23.2 Å². The zero-order valence-electron chi connectivity index (χ0n) is 16.3. The summed E-state index contributed by atoms with van der Waals surface area (Å²) in [7, 11) is 0. The fourth-order valence-electron chi connectivity index (χ4n) is 3.53. The Labute approximate surface area is 183 Å². The van der Waals surface area contributed by atoms with E-state index in [1.165, 1.54) is 0 Å². The number of hydrogen-bond acceptors (Lipinski definition) is 3. The quantitative estimate of drug-likeness (QED) is 0.623. The predicted molar refractivity (Wildman–Crippen MR) is 118 cm³/mol. The van der Waals surface area contributed by atoms with Crippen LogP contribution in [0.25, 0.3) is 0 Å². The van der Waals surface area contributed by atoms with Crippen LogP contribution in [0.5, 0.6) is 0 Å². The number of amides is 2. The highest BCUT2D eigenvalue weighted by atomic mass is 35.5. The normalized spacial score (nSPS) is 13.1. The molecule has 2 heterocycles. The topological polar surface area (TPSA) is 78.1 Å². The molecule has 0 saturated carbocycles. The van der Waals surface area contributed by atoms with Gasteiger partial charge >= 0.3 is 6.03 Å². The molecule has 0 aliphatic carbocycles. The second kappa shape index (κ2) is 8.50. The second-order valence-corrected chi connectivity index (χ2v) is 8.15. The average molecular weight is 443 g/mol. The second-order valence-electron chi connectivity index (χ2n) is 7.33. The number of halogens is 2. The van der Waals surface area contributed by atoms with Gasteiger partial charge in [0.05, 0.1) is 27.8 Å². The number of carbonyl (C=O) groups excluding carboxylic acids is 1. The van der Waals surface area contributed by atoms with Crippen molar-refractivity contribution < 1.29 is 4.79 Å². The van der Waals surface area contributed by atoms with Gasteiger partial charge in [0, 0.05) is 25.1 Å². The highest BCUT2D eigenvalue weighted by Gasteiger charge is 2.24. The Balaban J connectivity index is 1.49. The number of benzene rings is 2. The molecule has 2 amide bonds. The molecule has 1 aliphatic rings. The molecular formula is C22H20Cl2N4O2. The Kier molecular flexibility index (Phi) is 5.79. The molecule has 6 nitrogen and oxygen atoms in total. The number of anilines is 1. The maximum atomic E-state index is 12.7. The van der Waals surface area contributed by atoms with Crippen molar-refractivity contribution in [1.29, 1.82) is 0 Å².